The van der Waals surface area contributed by atoms with Gasteiger partial charge in [-0.05, 0) is 48.9 Å². The van der Waals surface area contributed by atoms with E-state index in [9.17, 15) is 4.79 Å². The molecule has 0 aliphatic carbocycles. The van der Waals surface area contributed by atoms with E-state index in [1.807, 2.05) is 12.1 Å². The van der Waals surface area contributed by atoms with Crippen molar-refractivity contribution < 1.29 is 14.3 Å². The molecule has 0 bridgehead atoms. The molecule has 0 aromatic heterocycles. The number of nitrogen functional groups attached to an aromatic ring is 1. The second-order valence-electron chi connectivity index (χ2n) is 4.82. The number of hydrogen-bond donors (Lipinski definition) is 2. The first-order valence-corrected chi connectivity index (χ1v) is 7.04. The second kappa shape index (κ2) is 7.84. The molecule has 6 nitrogen and oxygen atoms in total. The molecule has 0 radical (unpaired) electrons. The van der Waals surface area contributed by atoms with Gasteiger partial charge in [-0.1, -0.05) is 12.1 Å². The molecule has 0 aliphatic heterocycles. The summed E-state index contributed by atoms with van der Waals surface area (Å²) in [5.74, 6) is 0.964. The fraction of sp³-hybridized carbons (Fsp3) is 0.176. The minimum Gasteiger partial charge on any atom is -0.497 e. The van der Waals surface area contributed by atoms with Crippen LogP contribution in [0.1, 0.15) is 12.5 Å². The highest BCUT2D eigenvalue weighted by Crippen LogP contribution is 2.16. The van der Waals surface area contributed by atoms with E-state index in [1.165, 1.54) is 0 Å². The minimum atomic E-state index is -0.343. The standard InChI is InChI=1S/C17H19N3O3/c1-12(13-4-3-5-14(18)10-13)19-20-17(21)11-23-16-8-6-15(22-2)7-9-16/h3-10H,11,18H2,1-2H3,(H,20,21). The lowest BCUT2D eigenvalue weighted by molar-refractivity contribution is -0.123. The van der Waals surface area contributed by atoms with E-state index in [2.05, 4.69) is 10.5 Å². The number of hydrazone groups is 1. The van der Waals surface area contributed by atoms with Gasteiger partial charge in [0, 0.05) is 5.69 Å². The van der Waals surface area contributed by atoms with Crippen LogP contribution in [0.15, 0.2) is 53.6 Å². The molecule has 0 saturated carbocycles. The fourth-order valence-corrected chi connectivity index (χ4v) is 1.83. The van der Waals surface area contributed by atoms with Gasteiger partial charge in [0.25, 0.3) is 5.91 Å². The number of nitrogens with two attached hydrogens (primary N) is 1. The van der Waals surface area contributed by atoms with Crippen molar-refractivity contribution in [2.24, 2.45) is 5.10 Å². The lowest BCUT2D eigenvalue weighted by Gasteiger charge is -2.07. The van der Waals surface area contributed by atoms with Crippen LogP contribution in [0, 0.1) is 0 Å². The van der Waals surface area contributed by atoms with Crippen LogP contribution in [0.25, 0.3) is 0 Å². The number of amides is 1. The Morgan fingerprint density at radius 3 is 2.52 bits per heavy atom. The summed E-state index contributed by atoms with van der Waals surface area (Å²) >= 11 is 0. The molecule has 0 unspecified atom stereocenters. The smallest absolute Gasteiger partial charge is 0.277 e. The van der Waals surface area contributed by atoms with Gasteiger partial charge in [-0.25, -0.2) is 5.43 Å². The number of methoxy groups -OCH3 is 1. The molecule has 3 N–H and O–H groups in total. The molecule has 0 aliphatic rings. The monoisotopic (exact) mass is 313 g/mol. The van der Waals surface area contributed by atoms with Crippen LogP contribution in [-0.4, -0.2) is 25.3 Å². The molecule has 2 aromatic carbocycles. The van der Waals surface area contributed by atoms with Crippen molar-refractivity contribution in [3.8, 4) is 11.5 Å². The second-order valence-corrected chi connectivity index (χ2v) is 4.82. The van der Waals surface area contributed by atoms with Crippen LogP contribution in [0.5, 0.6) is 11.5 Å². The number of ether oxygens (including phenoxy) is 2. The van der Waals surface area contributed by atoms with Gasteiger partial charge in [-0.2, -0.15) is 5.10 Å². The third-order valence-corrected chi connectivity index (χ3v) is 3.08. The highest BCUT2D eigenvalue weighted by atomic mass is 16.5. The van der Waals surface area contributed by atoms with Crippen molar-refractivity contribution in [3.05, 3.63) is 54.1 Å². The quantitative estimate of drug-likeness (QED) is 0.486. The molecule has 2 rings (SSSR count). The Kier molecular flexibility index (Phi) is 5.57. The summed E-state index contributed by atoms with van der Waals surface area (Å²) in [6.45, 7) is 1.67. The summed E-state index contributed by atoms with van der Waals surface area (Å²) in [4.78, 5) is 11.7. The summed E-state index contributed by atoms with van der Waals surface area (Å²) in [6.07, 6.45) is 0. The Bertz CT molecular complexity index is 696. The summed E-state index contributed by atoms with van der Waals surface area (Å²) in [5, 5.41) is 4.04. The lowest BCUT2D eigenvalue weighted by Crippen LogP contribution is -2.25. The maximum Gasteiger partial charge on any atom is 0.277 e. The SMILES string of the molecule is COc1ccc(OCC(=O)NN=C(C)c2cccc(N)c2)cc1. The van der Waals surface area contributed by atoms with Crippen LogP contribution in [0.2, 0.25) is 0 Å². The Labute approximate surface area is 134 Å². The summed E-state index contributed by atoms with van der Waals surface area (Å²) in [7, 11) is 1.59. The number of nitrogens with zero attached hydrogens (tertiary/aromatic N) is 1. The average molecular weight is 313 g/mol. The predicted octanol–water partition coefficient (Wildman–Crippen LogP) is 2.20. The first kappa shape index (κ1) is 16.4. The number of carbonyl (C=O) groups excluding carboxylic acids is 1. The van der Waals surface area contributed by atoms with Crippen molar-refractivity contribution >= 4 is 17.3 Å². The minimum absolute atomic E-state index is 0.125. The summed E-state index contributed by atoms with van der Waals surface area (Å²) in [5.41, 5.74) is 10.3. The van der Waals surface area contributed by atoms with Gasteiger partial charge in [0.1, 0.15) is 11.5 Å². The first-order valence-electron chi connectivity index (χ1n) is 7.04. The van der Waals surface area contributed by atoms with Crippen molar-refractivity contribution in [3.63, 3.8) is 0 Å². The highest BCUT2D eigenvalue weighted by Gasteiger charge is 2.03. The number of anilines is 1. The largest absolute Gasteiger partial charge is 0.497 e. The van der Waals surface area contributed by atoms with Crippen LogP contribution in [0.3, 0.4) is 0 Å². The molecule has 0 fully saturated rings. The molecule has 120 valence electrons. The van der Waals surface area contributed by atoms with Crippen molar-refractivity contribution in [1.82, 2.24) is 5.43 Å². The van der Waals surface area contributed by atoms with E-state index >= 15 is 0 Å². The maximum atomic E-state index is 11.7. The van der Waals surface area contributed by atoms with Gasteiger partial charge in [0.15, 0.2) is 6.61 Å². The highest BCUT2D eigenvalue weighted by molar-refractivity contribution is 5.99. The van der Waals surface area contributed by atoms with E-state index in [-0.39, 0.29) is 12.5 Å². The van der Waals surface area contributed by atoms with Gasteiger partial charge in [0.2, 0.25) is 0 Å². The molecule has 23 heavy (non-hydrogen) atoms. The number of hydrogen-bond acceptors (Lipinski definition) is 5. The molecule has 6 heteroatoms. The third-order valence-electron chi connectivity index (χ3n) is 3.08. The van der Waals surface area contributed by atoms with Crippen molar-refractivity contribution in [1.29, 1.82) is 0 Å². The van der Waals surface area contributed by atoms with E-state index in [0.717, 1.165) is 11.3 Å². The van der Waals surface area contributed by atoms with Gasteiger partial charge in [0.05, 0.1) is 12.8 Å². The lowest BCUT2D eigenvalue weighted by atomic mass is 10.1. The van der Waals surface area contributed by atoms with E-state index in [1.54, 1.807) is 50.4 Å². The molecular weight excluding hydrogens is 294 g/mol. The zero-order valence-corrected chi connectivity index (χ0v) is 13.1. The van der Waals surface area contributed by atoms with Gasteiger partial charge in [-0.15, -0.1) is 0 Å². The molecule has 0 atom stereocenters. The molecular formula is C17H19N3O3. The zero-order valence-electron chi connectivity index (χ0n) is 13.1. The molecule has 1 amide bonds. The average Bonchev–Trinajstić information content (AvgIpc) is 2.58. The number of nitrogens with one attached hydrogen (secondary N) is 1. The molecule has 0 heterocycles. The number of carbonyl (C=O) groups is 1. The van der Waals surface area contributed by atoms with Crippen LogP contribution in [-0.2, 0) is 4.79 Å². The van der Waals surface area contributed by atoms with E-state index in [4.69, 9.17) is 15.2 Å². The topological polar surface area (TPSA) is 85.9 Å². The van der Waals surface area contributed by atoms with E-state index < -0.39 is 0 Å². The molecule has 0 spiro atoms. The van der Waals surface area contributed by atoms with Crippen LogP contribution in [0.4, 0.5) is 5.69 Å². The van der Waals surface area contributed by atoms with Gasteiger partial charge >= 0.3 is 0 Å². The molecule has 0 saturated heterocycles. The van der Waals surface area contributed by atoms with Crippen molar-refractivity contribution in [2.75, 3.05) is 19.5 Å². The van der Waals surface area contributed by atoms with Crippen LogP contribution < -0.4 is 20.6 Å². The summed E-state index contributed by atoms with van der Waals surface area (Å²) in [6, 6.07) is 14.3. The maximum absolute atomic E-state index is 11.7. The predicted molar refractivity (Wildman–Crippen MR) is 89.7 cm³/mol. The fourth-order valence-electron chi connectivity index (χ4n) is 1.83. The Morgan fingerprint density at radius 2 is 1.87 bits per heavy atom. The van der Waals surface area contributed by atoms with Crippen molar-refractivity contribution in [2.45, 2.75) is 6.92 Å². The number of rotatable bonds is 6. The van der Waals surface area contributed by atoms with Crippen LogP contribution >= 0.6 is 0 Å². The normalized spacial score (nSPS) is 11.0. The van der Waals surface area contributed by atoms with E-state index in [0.29, 0.717) is 17.1 Å². The Hall–Kier alpha value is -3.02. The Morgan fingerprint density at radius 1 is 1.17 bits per heavy atom. The molecule has 2 aromatic rings. The third kappa shape index (κ3) is 5.03. The summed E-state index contributed by atoms with van der Waals surface area (Å²) < 4.78 is 10.4. The Balaban J connectivity index is 1.85. The first-order chi connectivity index (χ1) is 11.1. The number of benzene rings is 2. The van der Waals surface area contributed by atoms with Gasteiger partial charge in [-0.3, -0.25) is 4.79 Å². The van der Waals surface area contributed by atoms with Gasteiger partial charge < -0.3 is 15.2 Å². The zero-order chi connectivity index (χ0) is 16.7.